The molecular weight excluding hydrogens is 332 g/mol. The van der Waals surface area contributed by atoms with Gasteiger partial charge in [-0.15, -0.1) is 11.3 Å². The van der Waals surface area contributed by atoms with Crippen LogP contribution >= 0.6 is 11.3 Å². The molecule has 0 unspecified atom stereocenters. The maximum absolute atomic E-state index is 12.5. The number of carbonyl (C=O) groups excluding carboxylic acids is 1. The molecule has 0 bridgehead atoms. The van der Waals surface area contributed by atoms with Crippen molar-refractivity contribution in [2.24, 2.45) is 0 Å². The summed E-state index contributed by atoms with van der Waals surface area (Å²) in [6, 6.07) is 13.4. The summed E-state index contributed by atoms with van der Waals surface area (Å²) in [4.78, 5) is 22.4. The van der Waals surface area contributed by atoms with E-state index in [0.29, 0.717) is 12.1 Å². The van der Waals surface area contributed by atoms with Crippen LogP contribution in [-0.4, -0.2) is 20.4 Å². The standard InChI is InChI=1S/C19H16N4OS/c1-13-6-7-14(19(24)21-11-15-4-3-9-25-15)10-17(13)23-12-22-16-5-2-8-20-18(16)23/h2-10,12H,11H2,1H3,(H,21,24). The number of hydrogen-bond acceptors (Lipinski definition) is 4. The topological polar surface area (TPSA) is 59.8 Å². The zero-order chi connectivity index (χ0) is 17.2. The lowest BCUT2D eigenvalue weighted by Gasteiger charge is -2.10. The highest BCUT2D eigenvalue weighted by atomic mass is 32.1. The monoisotopic (exact) mass is 348 g/mol. The molecule has 1 aromatic carbocycles. The summed E-state index contributed by atoms with van der Waals surface area (Å²) in [7, 11) is 0. The third kappa shape index (κ3) is 3.04. The zero-order valence-electron chi connectivity index (χ0n) is 13.6. The van der Waals surface area contributed by atoms with Gasteiger partial charge in [-0.05, 0) is 48.2 Å². The van der Waals surface area contributed by atoms with Gasteiger partial charge in [-0.1, -0.05) is 12.1 Å². The fourth-order valence-corrected chi connectivity index (χ4v) is 3.36. The van der Waals surface area contributed by atoms with Crippen molar-refractivity contribution in [3.8, 4) is 5.69 Å². The predicted molar refractivity (Wildman–Crippen MR) is 99.1 cm³/mol. The highest BCUT2D eigenvalue weighted by Crippen LogP contribution is 2.21. The normalized spacial score (nSPS) is 10.9. The number of thiophene rings is 1. The molecule has 0 fully saturated rings. The predicted octanol–water partition coefficient (Wildman–Crippen LogP) is 3.72. The summed E-state index contributed by atoms with van der Waals surface area (Å²) in [5.74, 6) is -0.0907. The van der Waals surface area contributed by atoms with Gasteiger partial charge in [0.05, 0.1) is 12.2 Å². The highest BCUT2D eigenvalue weighted by Gasteiger charge is 2.12. The molecule has 0 aliphatic heterocycles. The third-order valence-electron chi connectivity index (χ3n) is 4.04. The first-order valence-corrected chi connectivity index (χ1v) is 8.80. The smallest absolute Gasteiger partial charge is 0.251 e. The van der Waals surface area contributed by atoms with Gasteiger partial charge < -0.3 is 5.32 Å². The molecule has 0 aliphatic carbocycles. The van der Waals surface area contributed by atoms with E-state index < -0.39 is 0 Å². The van der Waals surface area contributed by atoms with Crippen molar-refractivity contribution in [3.05, 3.63) is 76.4 Å². The largest absolute Gasteiger partial charge is 0.347 e. The Labute approximate surface area is 149 Å². The number of benzene rings is 1. The van der Waals surface area contributed by atoms with Gasteiger partial charge in [0.15, 0.2) is 5.65 Å². The van der Waals surface area contributed by atoms with E-state index in [1.54, 1.807) is 23.9 Å². The van der Waals surface area contributed by atoms with Gasteiger partial charge in [-0.2, -0.15) is 0 Å². The first-order chi connectivity index (χ1) is 12.2. The summed E-state index contributed by atoms with van der Waals surface area (Å²) in [6.45, 7) is 2.55. The van der Waals surface area contributed by atoms with Crippen molar-refractivity contribution in [2.75, 3.05) is 0 Å². The quantitative estimate of drug-likeness (QED) is 0.611. The Morgan fingerprint density at radius 1 is 1.20 bits per heavy atom. The number of hydrogen-bond donors (Lipinski definition) is 1. The molecule has 25 heavy (non-hydrogen) atoms. The van der Waals surface area contributed by atoms with Crippen LogP contribution in [0.1, 0.15) is 20.8 Å². The van der Waals surface area contributed by atoms with Crippen molar-refractivity contribution < 1.29 is 4.79 Å². The maximum atomic E-state index is 12.5. The van der Waals surface area contributed by atoms with E-state index in [1.807, 2.05) is 59.3 Å². The van der Waals surface area contributed by atoms with E-state index >= 15 is 0 Å². The van der Waals surface area contributed by atoms with Gasteiger partial charge >= 0.3 is 0 Å². The average Bonchev–Trinajstić information content (AvgIpc) is 3.30. The van der Waals surface area contributed by atoms with Crippen LogP contribution in [0, 0.1) is 6.92 Å². The Morgan fingerprint density at radius 2 is 2.12 bits per heavy atom. The summed E-state index contributed by atoms with van der Waals surface area (Å²) in [5, 5.41) is 4.96. The first kappa shape index (κ1) is 15.5. The van der Waals surface area contributed by atoms with Crippen LogP contribution < -0.4 is 5.32 Å². The summed E-state index contributed by atoms with van der Waals surface area (Å²) in [6.07, 6.45) is 3.49. The second-order valence-corrected chi connectivity index (χ2v) is 6.76. The number of amides is 1. The van der Waals surface area contributed by atoms with Gasteiger partial charge in [0.2, 0.25) is 0 Å². The van der Waals surface area contributed by atoms with Crippen LogP contribution in [0.2, 0.25) is 0 Å². The van der Waals surface area contributed by atoms with Crippen LogP contribution in [0.25, 0.3) is 16.9 Å². The van der Waals surface area contributed by atoms with Crippen molar-refractivity contribution in [1.29, 1.82) is 0 Å². The number of aryl methyl sites for hydroxylation is 1. The molecule has 1 N–H and O–H groups in total. The summed E-state index contributed by atoms with van der Waals surface area (Å²) < 4.78 is 1.92. The van der Waals surface area contributed by atoms with E-state index in [0.717, 1.165) is 27.3 Å². The molecule has 0 aliphatic rings. The fourth-order valence-electron chi connectivity index (χ4n) is 2.72. The second-order valence-electron chi connectivity index (χ2n) is 5.72. The molecule has 0 spiro atoms. The van der Waals surface area contributed by atoms with Crippen molar-refractivity contribution in [1.82, 2.24) is 19.9 Å². The minimum atomic E-state index is -0.0907. The molecule has 0 atom stereocenters. The van der Waals surface area contributed by atoms with Gasteiger partial charge in [0, 0.05) is 16.6 Å². The number of aromatic nitrogens is 3. The van der Waals surface area contributed by atoms with E-state index in [2.05, 4.69) is 15.3 Å². The third-order valence-corrected chi connectivity index (χ3v) is 4.92. The van der Waals surface area contributed by atoms with Crippen molar-refractivity contribution in [3.63, 3.8) is 0 Å². The Kier molecular flexibility index (Phi) is 4.03. The Hall–Kier alpha value is -2.99. The Morgan fingerprint density at radius 3 is 2.96 bits per heavy atom. The molecule has 0 saturated carbocycles. The minimum Gasteiger partial charge on any atom is -0.347 e. The zero-order valence-corrected chi connectivity index (χ0v) is 14.5. The van der Waals surface area contributed by atoms with Gasteiger partial charge in [0.25, 0.3) is 5.91 Å². The maximum Gasteiger partial charge on any atom is 0.251 e. The molecule has 3 heterocycles. The number of rotatable bonds is 4. The molecule has 4 rings (SSSR count). The van der Waals surface area contributed by atoms with E-state index in [-0.39, 0.29) is 5.91 Å². The molecule has 5 nitrogen and oxygen atoms in total. The number of nitrogens with one attached hydrogen (secondary N) is 1. The molecule has 0 radical (unpaired) electrons. The molecule has 3 aromatic heterocycles. The average molecular weight is 348 g/mol. The van der Waals surface area contributed by atoms with Crippen LogP contribution in [-0.2, 0) is 6.54 Å². The summed E-state index contributed by atoms with van der Waals surface area (Å²) >= 11 is 1.63. The lowest BCUT2D eigenvalue weighted by Crippen LogP contribution is -2.22. The minimum absolute atomic E-state index is 0.0907. The lowest BCUT2D eigenvalue weighted by atomic mass is 10.1. The summed E-state index contributed by atoms with van der Waals surface area (Å²) in [5.41, 5.74) is 4.19. The van der Waals surface area contributed by atoms with E-state index in [4.69, 9.17) is 0 Å². The van der Waals surface area contributed by atoms with Gasteiger partial charge in [-0.3, -0.25) is 9.36 Å². The lowest BCUT2D eigenvalue weighted by molar-refractivity contribution is 0.0951. The van der Waals surface area contributed by atoms with Crippen molar-refractivity contribution in [2.45, 2.75) is 13.5 Å². The van der Waals surface area contributed by atoms with Crippen molar-refractivity contribution >= 4 is 28.4 Å². The Balaban J connectivity index is 1.65. The first-order valence-electron chi connectivity index (χ1n) is 7.92. The number of nitrogens with zero attached hydrogens (tertiary/aromatic N) is 3. The molecule has 0 saturated heterocycles. The molecule has 4 aromatic rings. The Bertz CT molecular complexity index is 1040. The van der Waals surface area contributed by atoms with Gasteiger partial charge in [0.1, 0.15) is 11.8 Å². The fraction of sp³-hybridized carbons (Fsp3) is 0.105. The van der Waals surface area contributed by atoms with Crippen LogP contribution in [0.3, 0.4) is 0 Å². The van der Waals surface area contributed by atoms with Crippen LogP contribution in [0.4, 0.5) is 0 Å². The van der Waals surface area contributed by atoms with E-state index in [9.17, 15) is 4.79 Å². The molecule has 124 valence electrons. The second kappa shape index (κ2) is 6.49. The SMILES string of the molecule is Cc1ccc(C(=O)NCc2cccs2)cc1-n1cnc2cccnc21. The van der Waals surface area contributed by atoms with Crippen LogP contribution in [0.15, 0.2) is 60.4 Å². The number of imidazole rings is 1. The number of pyridine rings is 1. The van der Waals surface area contributed by atoms with E-state index in [1.165, 1.54) is 0 Å². The molecule has 1 amide bonds. The van der Waals surface area contributed by atoms with Crippen LogP contribution in [0.5, 0.6) is 0 Å². The number of fused-ring (bicyclic) bond motifs is 1. The van der Waals surface area contributed by atoms with Gasteiger partial charge in [-0.25, -0.2) is 9.97 Å². The highest BCUT2D eigenvalue weighted by molar-refractivity contribution is 7.09. The molecule has 6 heteroatoms. The molecular formula is C19H16N4OS. The number of carbonyl (C=O) groups is 1.